The molecular weight excluding hydrogens is 440 g/mol. The molecule has 2 heterocycles. The van der Waals surface area contributed by atoms with Crippen LogP contribution in [0, 0.1) is 10.1 Å². The predicted octanol–water partition coefficient (Wildman–Crippen LogP) is 6.24. The molecule has 1 fully saturated rings. The van der Waals surface area contributed by atoms with Crippen LogP contribution in [0.15, 0.2) is 88.2 Å². The lowest BCUT2D eigenvalue weighted by molar-refractivity contribution is -0.384. The number of nitro benzene ring substituents is 1. The van der Waals surface area contributed by atoms with Gasteiger partial charge in [-0.1, -0.05) is 54.6 Å². The number of imide groups is 1. The highest BCUT2D eigenvalue weighted by atomic mass is 32.2. The van der Waals surface area contributed by atoms with Crippen molar-refractivity contribution in [2.24, 2.45) is 0 Å². The molecule has 162 valence electrons. The number of thioether (sulfide) groups is 1. The molecule has 0 unspecified atom stereocenters. The first kappa shape index (κ1) is 20.7. The Morgan fingerprint density at radius 2 is 1.70 bits per heavy atom. The molecule has 8 heteroatoms. The average molecular weight is 456 g/mol. The van der Waals surface area contributed by atoms with Gasteiger partial charge >= 0.3 is 0 Å². The molecule has 7 nitrogen and oxygen atoms in total. The minimum Gasteiger partial charge on any atom is -0.456 e. The number of nitro groups is 1. The SMILES string of the molecule is O=C1S/C(=C/c2ccc(-c3ccccc3[N+](=O)[O-])o2)C(=O)N1Cc1cccc2ccccc12. The molecule has 1 aliphatic heterocycles. The Balaban J connectivity index is 1.41. The Morgan fingerprint density at radius 1 is 0.939 bits per heavy atom. The third-order valence-corrected chi connectivity index (χ3v) is 6.26. The van der Waals surface area contributed by atoms with Crippen molar-refractivity contribution in [3.8, 4) is 11.3 Å². The number of furan rings is 1. The van der Waals surface area contributed by atoms with E-state index in [1.807, 2.05) is 42.5 Å². The van der Waals surface area contributed by atoms with E-state index in [4.69, 9.17) is 4.42 Å². The van der Waals surface area contributed by atoms with Gasteiger partial charge in [-0.25, -0.2) is 0 Å². The van der Waals surface area contributed by atoms with Crippen LogP contribution in [-0.4, -0.2) is 21.0 Å². The van der Waals surface area contributed by atoms with Gasteiger partial charge in [0, 0.05) is 12.1 Å². The van der Waals surface area contributed by atoms with Crippen molar-refractivity contribution in [1.29, 1.82) is 0 Å². The quantitative estimate of drug-likeness (QED) is 0.200. The van der Waals surface area contributed by atoms with E-state index in [1.54, 1.807) is 30.3 Å². The Morgan fingerprint density at radius 3 is 2.55 bits per heavy atom. The number of nitrogens with zero attached hydrogens (tertiary/aromatic N) is 2. The van der Waals surface area contributed by atoms with E-state index in [9.17, 15) is 19.7 Å². The molecule has 1 aliphatic rings. The van der Waals surface area contributed by atoms with Gasteiger partial charge < -0.3 is 4.42 Å². The first-order chi connectivity index (χ1) is 16.0. The standard InChI is InChI=1S/C25H16N2O5S/c28-24-23(14-18-12-13-22(32-18)20-10-3-4-11-21(20)27(30)31)33-25(29)26(24)15-17-8-5-7-16-6-1-2-9-19(16)17/h1-14H,15H2/b23-14+. The lowest BCUT2D eigenvalue weighted by atomic mass is 10.0. The monoisotopic (exact) mass is 456 g/mol. The first-order valence-electron chi connectivity index (χ1n) is 10.1. The highest BCUT2D eigenvalue weighted by molar-refractivity contribution is 8.18. The van der Waals surface area contributed by atoms with Crippen LogP contribution >= 0.6 is 11.8 Å². The number of rotatable bonds is 5. The van der Waals surface area contributed by atoms with Crippen LogP contribution in [0.5, 0.6) is 0 Å². The number of amides is 2. The van der Waals surface area contributed by atoms with Gasteiger partial charge in [-0.2, -0.15) is 0 Å². The summed E-state index contributed by atoms with van der Waals surface area (Å²) in [5.41, 5.74) is 1.15. The van der Waals surface area contributed by atoms with Gasteiger partial charge in [0.05, 0.1) is 21.9 Å². The second-order valence-corrected chi connectivity index (χ2v) is 8.38. The van der Waals surface area contributed by atoms with Crippen LogP contribution in [-0.2, 0) is 11.3 Å². The molecule has 3 aromatic carbocycles. The van der Waals surface area contributed by atoms with E-state index in [-0.39, 0.29) is 22.4 Å². The molecule has 0 atom stereocenters. The summed E-state index contributed by atoms with van der Waals surface area (Å²) in [7, 11) is 0. The van der Waals surface area contributed by atoms with Crippen molar-refractivity contribution in [2.75, 3.05) is 0 Å². The lowest BCUT2D eigenvalue weighted by Gasteiger charge is -2.14. The number of hydrogen-bond donors (Lipinski definition) is 0. The topological polar surface area (TPSA) is 93.7 Å². The summed E-state index contributed by atoms with van der Waals surface area (Å²) in [4.78, 5) is 37.8. The number of benzene rings is 3. The van der Waals surface area contributed by atoms with Crippen LogP contribution in [0.25, 0.3) is 28.2 Å². The van der Waals surface area contributed by atoms with Crippen molar-refractivity contribution in [3.05, 3.63) is 105 Å². The van der Waals surface area contributed by atoms with Gasteiger partial charge in [0.2, 0.25) is 0 Å². The molecule has 4 aromatic rings. The third kappa shape index (κ3) is 3.92. The molecule has 5 rings (SSSR count). The van der Waals surface area contributed by atoms with Crippen molar-refractivity contribution in [3.63, 3.8) is 0 Å². The summed E-state index contributed by atoms with van der Waals surface area (Å²) in [6, 6.07) is 23.1. The molecule has 1 saturated heterocycles. The maximum absolute atomic E-state index is 13.0. The number of carbonyl (C=O) groups excluding carboxylic acids is 2. The van der Waals surface area contributed by atoms with Crippen LogP contribution < -0.4 is 0 Å². The summed E-state index contributed by atoms with van der Waals surface area (Å²) in [5, 5.41) is 13.0. The summed E-state index contributed by atoms with van der Waals surface area (Å²) in [6.45, 7) is 0.170. The van der Waals surface area contributed by atoms with E-state index in [0.717, 1.165) is 28.1 Å². The van der Waals surface area contributed by atoms with E-state index >= 15 is 0 Å². The second kappa shape index (κ2) is 8.40. The smallest absolute Gasteiger partial charge is 0.293 e. The van der Waals surface area contributed by atoms with Gasteiger partial charge in [-0.3, -0.25) is 24.6 Å². The maximum atomic E-state index is 13.0. The summed E-state index contributed by atoms with van der Waals surface area (Å²) in [5.74, 6) is 0.240. The van der Waals surface area contributed by atoms with Crippen LogP contribution in [0.1, 0.15) is 11.3 Å². The molecule has 0 saturated carbocycles. The normalized spacial score (nSPS) is 15.0. The van der Waals surface area contributed by atoms with Crippen molar-refractivity contribution < 1.29 is 18.9 Å². The Hall–Kier alpha value is -4.17. The number of para-hydroxylation sites is 1. The molecular formula is C25H16N2O5S. The first-order valence-corrected chi connectivity index (χ1v) is 10.9. The van der Waals surface area contributed by atoms with E-state index < -0.39 is 10.8 Å². The lowest BCUT2D eigenvalue weighted by Crippen LogP contribution is -2.27. The minimum atomic E-state index is -0.476. The van der Waals surface area contributed by atoms with Gasteiger partial charge in [0.15, 0.2) is 0 Å². The van der Waals surface area contributed by atoms with E-state index in [1.165, 1.54) is 17.0 Å². The van der Waals surface area contributed by atoms with Crippen molar-refractivity contribution in [1.82, 2.24) is 4.90 Å². The zero-order valence-electron chi connectivity index (χ0n) is 17.1. The molecule has 0 bridgehead atoms. The molecule has 33 heavy (non-hydrogen) atoms. The van der Waals surface area contributed by atoms with Crippen LogP contribution in [0.2, 0.25) is 0 Å². The highest BCUT2D eigenvalue weighted by Gasteiger charge is 2.35. The maximum Gasteiger partial charge on any atom is 0.293 e. The predicted molar refractivity (Wildman–Crippen MR) is 126 cm³/mol. The third-order valence-electron chi connectivity index (χ3n) is 5.35. The van der Waals surface area contributed by atoms with Crippen molar-refractivity contribution >= 4 is 45.4 Å². The van der Waals surface area contributed by atoms with Gasteiger partial charge in [0.25, 0.3) is 16.8 Å². The van der Waals surface area contributed by atoms with E-state index in [2.05, 4.69) is 0 Å². The molecule has 0 N–H and O–H groups in total. The zero-order chi connectivity index (χ0) is 22.9. The molecule has 0 spiro atoms. The van der Waals surface area contributed by atoms with Gasteiger partial charge in [0.1, 0.15) is 11.5 Å². The largest absolute Gasteiger partial charge is 0.456 e. The van der Waals surface area contributed by atoms with E-state index in [0.29, 0.717) is 17.1 Å². The van der Waals surface area contributed by atoms with Gasteiger partial charge in [-0.15, -0.1) is 0 Å². The molecule has 1 aromatic heterocycles. The Labute approximate surface area is 192 Å². The fourth-order valence-electron chi connectivity index (χ4n) is 3.78. The number of carbonyl (C=O) groups is 2. The molecule has 0 radical (unpaired) electrons. The Kier molecular flexibility index (Phi) is 5.27. The Bertz CT molecular complexity index is 1450. The zero-order valence-corrected chi connectivity index (χ0v) is 18.0. The average Bonchev–Trinajstić information content (AvgIpc) is 3.39. The van der Waals surface area contributed by atoms with Crippen molar-refractivity contribution in [2.45, 2.75) is 6.54 Å². The highest BCUT2D eigenvalue weighted by Crippen LogP contribution is 2.36. The summed E-state index contributed by atoms with van der Waals surface area (Å²) < 4.78 is 5.74. The summed E-state index contributed by atoms with van der Waals surface area (Å²) in [6.07, 6.45) is 1.49. The second-order valence-electron chi connectivity index (χ2n) is 7.38. The van der Waals surface area contributed by atoms with Crippen LogP contribution in [0.3, 0.4) is 0 Å². The van der Waals surface area contributed by atoms with Gasteiger partial charge in [-0.05, 0) is 46.3 Å². The summed E-state index contributed by atoms with van der Waals surface area (Å²) >= 11 is 0.845. The number of fused-ring (bicyclic) bond motifs is 1. The fraction of sp³-hybridized carbons (Fsp3) is 0.0400. The number of hydrogen-bond acceptors (Lipinski definition) is 6. The fourth-order valence-corrected chi connectivity index (χ4v) is 4.60. The minimum absolute atomic E-state index is 0.0752. The molecule has 2 amide bonds. The van der Waals surface area contributed by atoms with Crippen LogP contribution in [0.4, 0.5) is 10.5 Å². The molecule has 0 aliphatic carbocycles.